The predicted molar refractivity (Wildman–Crippen MR) is 151 cm³/mol. The molecule has 1 aliphatic heterocycles. The Labute approximate surface area is 225 Å². The number of nitrogens with zero attached hydrogens (tertiary/aromatic N) is 3. The van der Waals surface area contributed by atoms with Gasteiger partial charge in [-0.25, -0.2) is 5.43 Å². The Morgan fingerprint density at radius 2 is 1.61 bits per heavy atom. The fraction of sp³-hybridized carbons (Fsp3) is 0.167. The molecule has 2 amide bonds. The zero-order valence-electron chi connectivity index (χ0n) is 20.7. The first-order valence-electron chi connectivity index (χ1n) is 12.4. The summed E-state index contributed by atoms with van der Waals surface area (Å²) in [4.78, 5) is 29.8. The van der Waals surface area contributed by atoms with Crippen LogP contribution in [0.3, 0.4) is 0 Å². The van der Waals surface area contributed by atoms with Gasteiger partial charge in [-0.1, -0.05) is 66.2 Å². The zero-order chi connectivity index (χ0) is 26.5. The van der Waals surface area contributed by atoms with Crippen molar-refractivity contribution in [3.05, 3.63) is 107 Å². The molecule has 1 aliphatic rings. The molecule has 0 radical (unpaired) electrons. The van der Waals surface area contributed by atoms with Crippen molar-refractivity contribution in [2.24, 2.45) is 5.10 Å². The topological polar surface area (TPSA) is 85.2 Å². The fourth-order valence-corrected chi connectivity index (χ4v) is 4.83. The molecule has 0 spiro atoms. The van der Waals surface area contributed by atoms with Gasteiger partial charge in [0.1, 0.15) is 5.75 Å². The van der Waals surface area contributed by atoms with Crippen LogP contribution in [0.5, 0.6) is 5.75 Å². The summed E-state index contributed by atoms with van der Waals surface area (Å²) in [5.41, 5.74) is 5.73. The van der Waals surface area contributed by atoms with Crippen LogP contribution in [0.25, 0.3) is 10.8 Å². The summed E-state index contributed by atoms with van der Waals surface area (Å²) in [6.07, 6.45) is 1.90. The van der Waals surface area contributed by atoms with Crippen LogP contribution in [0.4, 0.5) is 5.69 Å². The van der Waals surface area contributed by atoms with E-state index in [1.807, 2.05) is 59.5 Å². The molecule has 1 saturated heterocycles. The summed E-state index contributed by atoms with van der Waals surface area (Å²) >= 11 is 5.89. The highest BCUT2D eigenvalue weighted by Gasteiger charge is 2.22. The second-order valence-electron chi connectivity index (χ2n) is 9.10. The van der Waals surface area contributed by atoms with Gasteiger partial charge in [-0.15, -0.1) is 0 Å². The standard InChI is InChI=1S/C30H27ClN4O3/c31-27-18-22(12-13-28(27)36)30(38)33-32-20-23-11-10-21(25-8-4-5-9-26(23)25)19-29(37)35-16-14-34(15-17-35)24-6-2-1-3-7-24/h1-13,18,20,36H,14-17,19H2,(H,33,38)/b32-20+. The molecular formula is C30H27ClN4O3. The predicted octanol–water partition coefficient (Wildman–Crippen LogP) is 4.85. The normalized spacial score (nSPS) is 13.7. The van der Waals surface area contributed by atoms with E-state index >= 15 is 0 Å². The maximum absolute atomic E-state index is 13.2. The first-order chi connectivity index (χ1) is 18.5. The highest BCUT2D eigenvalue weighted by atomic mass is 35.5. The van der Waals surface area contributed by atoms with Crippen LogP contribution < -0.4 is 10.3 Å². The highest BCUT2D eigenvalue weighted by Crippen LogP contribution is 2.25. The van der Waals surface area contributed by atoms with E-state index in [2.05, 4.69) is 27.6 Å². The lowest BCUT2D eigenvalue weighted by Gasteiger charge is -2.36. The monoisotopic (exact) mass is 526 g/mol. The number of carbonyl (C=O) groups is 2. The van der Waals surface area contributed by atoms with Gasteiger partial charge in [0.15, 0.2) is 0 Å². The highest BCUT2D eigenvalue weighted by molar-refractivity contribution is 6.32. The van der Waals surface area contributed by atoms with E-state index in [1.54, 1.807) is 6.21 Å². The second kappa shape index (κ2) is 11.4. The number of hydrazone groups is 1. The summed E-state index contributed by atoms with van der Waals surface area (Å²) in [7, 11) is 0. The molecule has 4 aromatic carbocycles. The number of piperazine rings is 1. The van der Waals surface area contributed by atoms with E-state index < -0.39 is 5.91 Å². The number of benzene rings is 4. The lowest BCUT2D eigenvalue weighted by atomic mass is 9.97. The molecule has 8 heteroatoms. The number of amides is 2. The number of phenolic OH excluding ortho intramolecular Hbond substituents is 1. The summed E-state index contributed by atoms with van der Waals surface area (Å²) in [5, 5.41) is 15.7. The van der Waals surface area contributed by atoms with E-state index in [0.29, 0.717) is 19.5 Å². The van der Waals surface area contributed by atoms with Crippen molar-refractivity contribution in [3.8, 4) is 5.75 Å². The third kappa shape index (κ3) is 5.63. The van der Waals surface area contributed by atoms with Crippen LogP contribution in [-0.4, -0.2) is 54.2 Å². The quantitative estimate of drug-likeness (QED) is 0.278. The fourth-order valence-electron chi connectivity index (χ4n) is 4.65. The van der Waals surface area contributed by atoms with Gasteiger partial charge in [0.2, 0.25) is 5.91 Å². The minimum absolute atomic E-state index is 0.0915. The van der Waals surface area contributed by atoms with Crippen molar-refractivity contribution >= 4 is 46.1 Å². The molecule has 0 saturated carbocycles. The van der Waals surface area contributed by atoms with Crippen molar-refractivity contribution in [2.45, 2.75) is 6.42 Å². The first kappa shape index (κ1) is 25.3. The summed E-state index contributed by atoms with van der Waals surface area (Å²) < 4.78 is 0. The average molecular weight is 527 g/mol. The Hall–Kier alpha value is -4.36. The van der Waals surface area contributed by atoms with Crippen molar-refractivity contribution in [1.82, 2.24) is 10.3 Å². The molecule has 0 bridgehead atoms. The van der Waals surface area contributed by atoms with Gasteiger partial charge >= 0.3 is 0 Å². The molecular weight excluding hydrogens is 500 g/mol. The number of hydrogen-bond donors (Lipinski definition) is 2. The van der Waals surface area contributed by atoms with Crippen LogP contribution in [0.1, 0.15) is 21.5 Å². The third-order valence-corrected chi connectivity index (χ3v) is 7.03. The molecule has 0 aromatic heterocycles. The third-order valence-electron chi connectivity index (χ3n) is 6.72. The second-order valence-corrected chi connectivity index (χ2v) is 9.51. The lowest BCUT2D eigenvalue weighted by molar-refractivity contribution is -0.130. The molecule has 1 heterocycles. The number of hydrogen-bond acceptors (Lipinski definition) is 5. The van der Waals surface area contributed by atoms with Gasteiger partial charge in [-0.3, -0.25) is 9.59 Å². The Kier molecular flexibility index (Phi) is 7.56. The maximum atomic E-state index is 13.2. The van der Waals surface area contributed by atoms with E-state index in [4.69, 9.17) is 11.6 Å². The maximum Gasteiger partial charge on any atom is 0.271 e. The van der Waals surface area contributed by atoms with Crippen molar-refractivity contribution < 1.29 is 14.7 Å². The smallest absolute Gasteiger partial charge is 0.271 e. The number of halogens is 1. The minimum atomic E-state index is -0.443. The Morgan fingerprint density at radius 1 is 0.895 bits per heavy atom. The zero-order valence-corrected chi connectivity index (χ0v) is 21.4. The number of anilines is 1. The summed E-state index contributed by atoms with van der Waals surface area (Å²) in [5.74, 6) is -0.419. The summed E-state index contributed by atoms with van der Waals surface area (Å²) in [6.45, 7) is 3.02. The lowest BCUT2D eigenvalue weighted by Crippen LogP contribution is -2.49. The Bertz CT molecular complexity index is 1500. The van der Waals surface area contributed by atoms with Gasteiger partial charge in [-0.2, -0.15) is 5.10 Å². The van der Waals surface area contributed by atoms with Crippen LogP contribution >= 0.6 is 11.6 Å². The van der Waals surface area contributed by atoms with Crippen molar-refractivity contribution in [1.29, 1.82) is 0 Å². The number of rotatable bonds is 6. The molecule has 1 fully saturated rings. The van der Waals surface area contributed by atoms with Crippen molar-refractivity contribution in [2.75, 3.05) is 31.1 Å². The van der Waals surface area contributed by atoms with Gasteiger partial charge in [0.25, 0.3) is 5.91 Å². The minimum Gasteiger partial charge on any atom is -0.506 e. The number of fused-ring (bicyclic) bond motifs is 1. The van der Waals surface area contributed by atoms with Gasteiger partial charge in [0.05, 0.1) is 17.7 Å². The van der Waals surface area contributed by atoms with Crippen LogP contribution in [-0.2, 0) is 11.2 Å². The number of aromatic hydroxyl groups is 1. The van der Waals surface area contributed by atoms with E-state index in [1.165, 1.54) is 23.9 Å². The Balaban J connectivity index is 1.25. The van der Waals surface area contributed by atoms with E-state index in [0.717, 1.165) is 35.0 Å². The molecule has 5 rings (SSSR count). The van der Waals surface area contributed by atoms with Gasteiger partial charge in [0, 0.05) is 43.0 Å². The molecule has 38 heavy (non-hydrogen) atoms. The molecule has 7 nitrogen and oxygen atoms in total. The average Bonchev–Trinajstić information content (AvgIpc) is 2.96. The molecule has 0 aliphatic carbocycles. The van der Waals surface area contributed by atoms with Crippen LogP contribution in [0.15, 0.2) is 90.0 Å². The molecule has 0 unspecified atom stereocenters. The van der Waals surface area contributed by atoms with Gasteiger partial charge in [-0.05, 0) is 46.7 Å². The number of nitrogens with one attached hydrogen (secondary N) is 1. The number of carbonyl (C=O) groups excluding carboxylic acids is 2. The van der Waals surface area contributed by atoms with Crippen LogP contribution in [0, 0.1) is 0 Å². The first-order valence-corrected chi connectivity index (χ1v) is 12.8. The van der Waals surface area contributed by atoms with Gasteiger partial charge < -0.3 is 14.9 Å². The SMILES string of the molecule is O=C(N/N=C/c1ccc(CC(=O)N2CCN(c3ccccc3)CC2)c2ccccc12)c1ccc(O)c(Cl)c1. The molecule has 2 N–H and O–H groups in total. The van der Waals surface area contributed by atoms with E-state index in [-0.39, 0.29) is 22.2 Å². The Morgan fingerprint density at radius 3 is 2.34 bits per heavy atom. The number of para-hydroxylation sites is 1. The largest absolute Gasteiger partial charge is 0.506 e. The molecule has 4 aromatic rings. The number of phenols is 1. The summed E-state index contributed by atoms with van der Waals surface area (Å²) in [6, 6.07) is 26.2. The van der Waals surface area contributed by atoms with Crippen LogP contribution in [0.2, 0.25) is 5.02 Å². The molecule has 0 atom stereocenters. The van der Waals surface area contributed by atoms with Crippen molar-refractivity contribution in [3.63, 3.8) is 0 Å². The van der Waals surface area contributed by atoms with E-state index in [9.17, 15) is 14.7 Å². The molecule has 192 valence electrons.